The fourth-order valence-corrected chi connectivity index (χ4v) is 2.73. The van der Waals surface area contributed by atoms with Crippen molar-refractivity contribution in [2.75, 3.05) is 13.1 Å². The van der Waals surface area contributed by atoms with E-state index in [9.17, 15) is 14.9 Å². The Kier molecular flexibility index (Phi) is 4.89. The molecule has 2 N–H and O–H groups in total. The molecule has 8 heteroatoms. The Bertz CT molecular complexity index is 516. The number of aromatic nitrogens is 2. The van der Waals surface area contributed by atoms with Crippen LogP contribution < -0.4 is 5.73 Å². The number of carbonyl (C=O) groups is 1. The summed E-state index contributed by atoms with van der Waals surface area (Å²) < 4.78 is 1.43. The van der Waals surface area contributed by atoms with E-state index in [0.717, 1.165) is 19.4 Å². The Labute approximate surface area is 123 Å². The Morgan fingerprint density at radius 1 is 1.62 bits per heavy atom. The number of nitrogens with two attached hydrogens (primary N) is 1. The first kappa shape index (κ1) is 15.4. The smallest absolute Gasteiger partial charge is 0.306 e. The number of carbonyl (C=O) groups excluding carboxylic acids is 1. The quantitative estimate of drug-likeness (QED) is 0.637. The van der Waals surface area contributed by atoms with Crippen LogP contribution in [0.1, 0.15) is 26.2 Å². The maximum atomic E-state index is 12.3. The summed E-state index contributed by atoms with van der Waals surface area (Å²) >= 11 is 0. The van der Waals surface area contributed by atoms with Crippen LogP contribution >= 0.6 is 0 Å². The average molecular weight is 295 g/mol. The van der Waals surface area contributed by atoms with Gasteiger partial charge in [0.15, 0.2) is 0 Å². The van der Waals surface area contributed by atoms with Crippen molar-refractivity contribution in [3.8, 4) is 0 Å². The molecule has 1 aliphatic heterocycles. The normalized spacial score (nSPS) is 22.3. The van der Waals surface area contributed by atoms with Crippen LogP contribution in [0, 0.1) is 16.0 Å². The Morgan fingerprint density at radius 2 is 2.38 bits per heavy atom. The van der Waals surface area contributed by atoms with Gasteiger partial charge in [-0.2, -0.15) is 5.10 Å². The molecule has 2 atom stereocenters. The van der Waals surface area contributed by atoms with Gasteiger partial charge in [0, 0.05) is 32.1 Å². The molecule has 0 bridgehead atoms. The van der Waals surface area contributed by atoms with E-state index in [1.165, 1.54) is 17.1 Å². The molecule has 1 aromatic rings. The molecule has 116 valence electrons. The molecule has 0 aliphatic carbocycles. The molecule has 1 saturated heterocycles. The molecule has 1 aliphatic rings. The van der Waals surface area contributed by atoms with E-state index in [2.05, 4.69) is 12.0 Å². The van der Waals surface area contributed by atoms with Crippen LogP contribution in [-0.2, 0) is 11.3 Å². The van der Waals surface area contributed by atoms with Gasteiger partial charge >= 0.3 is 5.69 Å². The van der Waals surface area contributed by atoms with Gasteiger partial charge in [0.25, 0.3) is 0 Å². The number of hydrogen-bond donors (Lipinski definition) is 1. The summed E-state index contributed by atoms with van der Waals surface area (Å²) in [6.45, 7) is 3.73. The molecule has 0 spiro atoms. The largest absolute Gasteiger partial charge is 0.338 e. The van der Waals surface area contributed by atoms with Crippen molar-refractivity contribution >= 4 is 11.6 Å². The highest BCUT2D eigenvalue weighted by Crippen LogP contribution is 2.22. The standard InChI is InChI=1S/C13H21N5O3/c1-10-2-5-17(11(6-10)7-14)13(19)3-4-16-9-12(8-15-16)18(20)21/h8-11H,2-7,14H2,1H3. The number of amides is 1. The lowest BCUT2D eigenvalue weighted by atomic mass is 9.92. The summed E-state index contributed by atoms with van der Waals surface area (Å²) in [5.41, 5.74) is 5.69. The zero-order valence-electron chi connectivity index (χ0n) is 12.1. The van der Waals surface area contributed by atoms with Crippen molar-refractivity contribution in [2.45, 2.75) is 38.8 Å². The van der Waals surface area contributed by atoms with Crippen molar-refractivity contribution in [1.82, 2.24) is 14.7 Å². The van der Waals surface area contributed by atoms with E-state index in [1.54, 1.807) is 0 Å². The van der Waals surface area contributed by atoms with Crippen molar-refractivity contribution in [3.05, 3.63) is 22.5 Å². The maximum absolute atomic E-state index is 12.3. The first-order chi connectivity index (χ1) is 10.0. The lowest BCUT2D eigenvalue weighted by Gasteiger charge is -2.38. The number of piperidine rings is 1. The predicted octanol–water partition coefficient (Wildman–Crippen LogP) is 0.767. The summed E-state index contributed by atoms with van der Waals surface area (Å²) in [4.78, 5) is 24.2. The van der Waals surface area contributed by atoms with Crippen LogP contribution in [0.25, 0.3) is 0 Å². The first-order valence-corrected chi connectivity index (χ1v) is 7.17. The Morgan fingerprint density at radius 3 is 3.00 bits per heavy atom. The van der Waals surface area contributed by atoms with Crippen molar-refractivity contribution < 1.29 is 9.72 Å². The highest BCUT2D eigenvalue weighted by Gasteiger charge is 2.28. The SMILES string of the molecule is CC1CCN(C(=O)CCn2cc([N+](=O)[O-])cn2)C(CN)C1. The van der Waals surface area contributed by atoms with Crippen LogP contribution in [0.4, 0.5) is 5.69 Å². The average Bonchev–Trinajstić information content (AvgIpc) is 2.93. The lowest BCUT2D eigenvalue weighted by Crippen LogP contribution is -2.49. The number of aryl methyl sites for hydroxylation is 1. The third-order valence-corrected chi connectivity index (χ3v) is 3.96. The number of hydrogen-bond acceptors (Lipinski definition) is 5. The van der Waals surface area contributed by atoms with Gasteiger partial charge in [-0.3, -0.25) is 19.6 Å². The fraction of sp³-hybridized carbons (Fsp3) is 0.692. The first-order valence-electron chi connectivity index (χ1n) is 7.17. The predicted molar refractivity (Wildman–Crippen MR) is 76.5 cm³/mol. The van der Waals surface area contributed by atoms with E-state index in [0.29, 0.717) is 19.0 Å². The van der Waals surface area contributed by atoms with Gasteiger partial charge in [0.05, 0.1) is 4.92 Å². The second kappa shape index (κ2) is 6.66. The molecule has 21 heavy (non-hydrogen) atoms. The molecule has 1 fully saturated rings. The summed E-state index contributed by atoms with van der Waals surface area (Å²) in [6.07, 6.45) is 4.75. The van der Waals surface area contributed by atoms with Gasteiger partial charge in [0.1, 0.15) is 12.4 Å². The maximum Gasteiger partial charge on any atom is 0.306 e. The van der Waals surface area contributed by atoms with Crippen LogP contribution in [0.5, 0.6) is 0 Å². The molecule has 2 rings (SSSR count). The van der Waals surface area contributed by atoms with E-state index in [1.807, 2.05) is 4.90 Å². The Hall–Kier alpha value is -1.96. The van der Waals surface area contributed by atoms with Gasteiger partial charge in [-0.15, -0.1) is 0 Å². The van der Waals surface area contributed by atoms with E-state index in [4.69, 9.17) is 5.73 Å². The van der Waals surface area contributed by atoms with Crippen LogP contribution in [0.2, 0.25) is 0 Å². The summed E-state index contributed by atoms with van der Waals surface area (Å²) in [5, 5.41) is 14.5. The molecule has 0 aromatic carbocycles. The van der Waals surface area contributed by atoms with Gasteiger partial charge in [-0.25, -0.2) is 0 Å². The molecular formula is C13H21N5O3. The van der Waals surface area contributed by atoms with Gasteiger partial charge in [-0.1, -0.05) is 6.92 Å². The minimum atomic E-state index is -0.498. The minimum absolute atomic E-state index is 0.0375. The van der Waals surface area contributed by atoms with E-state index >= 15 is 0 Å². The molecule has 2 unspecified atom stereocenters. The van der Waals surface area contributed by atoms with Crippen LogP contribution in [0.3, 0.4) is 0 Å². The Balaban J connectivity index is 1.89. The highest BCUT2D eigenvalue weighted by molar-refractivity contribution is 5.76. The summed E-state index contributed by atoms with van der Waals surface area (Å²) in [7, 11) is 0. The van der Waals surface area contributed by atoms with Crippen molar-refractivity contribution in [1.29, 1.82) is 0 Å². The van der Waals surface area contributed by atoms with Gasteiger partial charge in [-0.05, 0) is 18.8 Å². The molecule has 0 saturated carbocycles. The van der Waals surface area contributed by atoms with Crippen LogP contribution in [-0.4, -0.2) is 44.6 Å². The second-order valence-corrected chi connectivity index (χ2v) is 5.57. The number of nitrogens with zero attached hydrogens (tertiary/aromatic N) is 4. The number of likely N-dealkylation sites (tertiary alicyclic amines) is 1. The molecule has 1 aromatic heterocycles. The molecule has 0 radical (unpaired) electrons. The monoisotopic (exact) mass is 295 g/mol. The summed E-state index contributed by atoms with van der Waals surface area (Å²) in [6, 6.07) is 0.105. The zero-order chi connectivity index (χ0) is 15.4. The van der Waals surface area contributed by atoms with Crippen molar-refractivity contribution in [2.24, 2.45) is 11.7 Å². The third-order valence-electron chi connectivity index (χ3n) is 3.96. The van der Waals surface area contributed by atoms with E-state index in [-0.39, 0.29) is 24.1 Å². The summed E-state index contributed by atoms with van der Waals surface area (Å²) in [5.74, 6) is 0.631. The molecule has 8 nitrogen and oxygen atoms in total. The van der Waals surface area contributed by atoms with Crippen LogP contribution in [0.15, 0.2) is 12.4 Å². The lowest BCUT2D eigenvalue weighted by molar-refractivity contribution is -0.385. The number of rotatable bonds is 5. The van der Waals surface area contributed by atoms with E-state index < -0.39 is 4.92 Å². The topological polar surface area (TPSA) is 107 Å². The number of nitro groups is 1. The zero-order valence-corrected chi connectivity index (χ0v) is 12.1. The van der Waals surface area contributed by atoms with Gasteiger partial charge in [0.2, 0.25) is 5.91 Å². The van der Waals surface area contributed by atoms with Gasteiger partial charge < -0.3 is 10.6 Å². The van der Waals surface area contributed by atoms with Crippen molar-refractivity contribution in [3.63, 3.8) is 0 Å². The molecular weight excluding hydrogens is 274 g/mol. The second-order valence-electron chi connectivity index (χ2n) is 5.57. The fourth-order valence-electron chi connectivity index (χ4n) is 2.73. The molecule has 2 heterocycles. The third kappa shape index (κ3) is 3.78. The molecule has 1 amide bonds. The minimum Gasteiger partial charge on any atom is -0.338 e. The highest BCUT2D eigenvalue weighted by atomic mass is 16.6.